The highest BCUT2D eigenvalue weighted by Gasteiger charge is 2.24. The molecule has 3 aromatic rings. The zero-order chi connectivity index (χ0) is 18.7. The molecule has 0 spiro atoms. The topological polar surface area (TPSA) is 59.5 Å². The molecular formula is C20H22N2O3S. The minimum atomic E-state index is -3.66. The van der Waals surface area contributed by atoms with E-state index in [0.29, 0.717) is 11.1 Å². The van der Waals surface area contributed by atoms with Crippen LogP contribution in [0.4, 0.5) is 0 Å². The molecule has 2 aromatic carbocycles. The molecule has 26 heavy (non-hydrogen) atoms. The van der Waals surface area contributed by atoms with Gasteiger partial charge in [-0.15, -0.1) is 0 Å². The Bertz CT molecular complexity index is 1000. The van der Waals surface area contributed by atoms with E-state index in [4.69, 9.17) is 4.74 Å². The maximum Gasteiger partial charge on any atom is 0.243 e. The SMILES string of the molecule is CC(C)Oc1ccc(S(=O)(=O)N(C)Cc2cccnc2)c2ccccc12. The van der Waals surface area contributed by atoms with Crippen molar-refractivity contribution in [2.45, 2.75) is 31.4 Å². The highest BCUT2D eigenvalue weighted by Crippen LogP contribution is 2.33. The zero-order valence-electron chi connectivity index (χ0n) is 15.1. The molecule has 1 aromatic heterocycles. The summed E-state index contributed by atoms with van der Waals surface area (Å²) < 4.78 is 33.5. The van der Waals surface area contributed by atoms with Gasteiger partial charge in [0.15, 0.2) is 0 Å². The number of sulfonamides is 1. The Morgan fingerprint density at radius 1 is 1.04 bits per heavy atom. The van der Waals surface area contributed by atoms with Crippen LogP contribution < -0.4 is 4.74 Å². The number of ether oxygens (including phenoxy) is 1. The number of rotatable bonds is 6. The Balaban J connectivity index is 2.04. The van der Waals surface area contributed by atoms with Crippen LogP contribution in [0, 0.1) is 0 Å². The largest absolute Gasteiger partial charge is 0.490 e. The van der Waals surface area contributed by atoms with E-state index in [-0.39, 0.29) is 17.5 Å². The van der Waals surface area contributed by atoms with Gasteiger partial charge in [-0.1, -0.05) is 30.3 Å². The summed E-state index contributed by atoms with van der Waals surface area (Å²) in [6, 6.07) is 14.4. The van der Waals surface area contributed by atoms with E-state index >= 15 is 0 Å². The van der Waals surface area contributed by atoms with E-state index in [1.807, 2.05) is 44.2 Å². The quantitative estimate of drug-likeness (QED) is 0.661. The molecule has 0 aliphatic rings. The van der Waals surface area contributed by atoms with Crippen molar-refractivity contribution in [2.24, 2.45) is 0 Å². The van der Waals surface area contributed by atoms with Gasteiger partial charge in [-0.25, -0.2) is 8.42 Å². The van der Waals surface area contributed by atoms with Gasteiger partial charge in [-0.2, -0.15) is 4.31 Å². The maximum absolute atomic E-state index is 13.1. The van der Waals surface area contributed by atoms with Gasteiger partial charge in [-0.05, 0) is 37.6 Å². The van der Waals surface area contributed by atoms with Crippen LogP contribution >= 0.6 is 0 Å². The number of hydrogen-bond donors (Lipinski definition) is 0. The predicted octanol–water partition coefficient (Wildman–Crippen LogP) is 3.84. The second-order valence-corrected chi connectivity index (χ2v) is 8.41. The van der Waals surface area contributed by atoms with Gasteiger partial charge in [0.1, 0.15) is 5.75 Å². The summed E-state index contributed by atoms with van der Waals surface area (Å²) >= 11 is 0. The fourth-order valence-electron chi connectivity index (χ4n) is 2.83. The Morgan fingerprint density at radius 2 is 1.77 bits per heavy atom. The van der Waals surface area contributed by atoms with E-state index < -0.39 is 10.0 Å². The van der Waals surface area contributed by atoms with E-state index in [0.717, 1.165) is 10.9 Å². The lowest BCUT2D eigenvalue weighted by Crippen LogP contribution is -2.26. The van der Waals surface area contributed by atoms with Crippen LogP contribution in [-0.2, 0) is 16.6 Å². The number of fused-ring (bicyclic) bond motifs is 1. The van der Waals surface area contributed by atoms with Gasteiger partial charge >= 0.3 is 0 Å². The molecule has 136 valence electrons. The first-order valence-corrected chi connectivity index (χ1v) is 9.87. The van der Waals surface area contributed by atoms with Crippen LogP contribution in [0.1, 0.15) is 19.4 Å². The molecule has 0 saturated heterocycles. The molecule has 0 bridgehead atoms. The smallest absolute Gasteiger partial charge is 0.243 e. The van der Waals surface area contributed by atoms with Gasteiger partial charge in [0.05, 0.1) is 11.0 Å². The van der Waals surface area contributed by atoms with Crippen LogP contribution in [-0.4, -0.2) is 30.9 Å². The van der Waals surface area contributed by atoms with Crippen LogP contribution in [0.2, 0.25) is 0 Å². The summed E-state index contributed by atoms with van der Waals surface area (Å²) in [6.07, 6.45) is 3.34. The molecule has 0 aliphatic heterocycles. The number of benzene rings is 2. The second kappa shape index (κ2) is 7.43. The molecule has 1 heterocycles. The number of aromatic nitrogens is 1. The molecule has 5 nitrogen and oxygen atoms in total. The van der Waals surface area contributed by atoms with E-state index in [1.54, 1.807) is 37.6 Å². The van der Waals surface area contributed by atoms with Crippen LogP contribution in [0.3, 0.4) is 0 Å². The highest BCUT2D eigenvalue weighted by atomic mass is 32.2. The Kier molecular flexibility index (Phi) is 5.25. The predicted molar refractivity (Wildman–Crippen MR) is 103 cm³/mol. The van der Waals surface area contributed by atoms with Gasteiger partial charge in [-0.3, -0.25) is 4.98 Å². The summed E-state index contributed by atoms with van der Waals surface area (Å²) in [4.78, 5) is 4.32. The third-order valence-corrected chi connectivity index (χ3v) is 5.88. The van der Waals surface area contributed by atoms with Crippen molar-refractivity contribution in [3.05, 3.63) is 66.5 Å². The molecule has 0 fully saturated rings. The summed E-state index contributed by atoms with van der Waals surface area (Å²) in [6.45, 7) is 4.15. The third-order valence-electron chi connectivity index (χ3n) is 4.02. The first kappa shape index (κ1) is 18.4. The van der Waals surface area contributed by atoms with E-state index in [1.165, 1.54) is 4.31 Å². The van der Waals surface area contributed by atoms with Crippen LogP contribution in [0.15, 0.2) is 65.8 Å². The fourth-order valence-corrected chi connectivity index (χ4v) is 4.18. The van der Waals surface area contributed by atoms with Gasteiger partial charge in [0.25, 0.3) is 0 Å². The summed E-state index contributed by atoms with van der Waals surface area (Å²) in [7, 11) is -2.08. The maximum atomic E-state index is 13.1. The number of pyridine rings is 1. The number of hydrogen-bond acceptors (Lipinski definition) is 4. The molecular weight excluding hydrogens is 348 g/mol. The summed E-state index contributed by atoms with van der Waals surface area (Å²) in [5, 5.41) is 1.45. The minimum Gasteiger partial charge on any atom is -0.490 e. The zero-order valence-corrected chi connectivity index (χ0v) is 15.9. The Hall–Kier alpha value is -2.44. The molecule has 3 rings (SSSR count). The fraction of sp³-hybridized carbons (Fsp3) is 0.250. The Labute approximate surface area is 154 Å². The van der Waals surface area contributed by atoms with Crippen LogP contribution in [0.5, 0.6) is 5.75 Å². The van der Waals surface area contributed by atoms with Crippen molar-refractivity contribution in [3.63, 3.8) is 0 Å². The van der Waals surface area contributed by atoms with Gasteiger partial charge in [0.2, 0.25) is 10.0 Å². The van der Waals surface area contributed by atoms with Crippen LogP contribution in [0.25, 0.3) is 10.8 Å². The van der Waals surface area contributed by atoms with Crippen molar-refractivity contribution in [1.29, 1.82) is 0 Å². The monoisotopic (exact) mass is 370 g/mol. The second-order valence-electron chi connectivity index (χ2n) is 6.40. The molecule has 0 saturated carbocycles. The molecule has 0 unspecified atom stereocenters. The van der Waals surface area contributed by atoms with Crippen molar-refractivity contribution < 1.29 is 13.2 Å². The molecule has 0 amide bonds. The molecule has 6 heteroatoms. The van der Waals surface area contributed by atoms with Crippen molar-refractivity contribution in [3.8, 4) is 5.75 Å². The third kappa shape index (κ3) is 3.71. The molecule has 0 radical (unpaired) electrons. The normalized spacial score (nSPS) is 12.0. The summed E-state index contributed by atoms with van der Waals surface area (Å²) in [5.74, 6) is 0.685. The first-order valence-electron chi connectivity index (χ1n) is 8.43. The average molecular weight is 370 g/mol. The van der Waals surface area contributed by atoms with Gasteiger partial charge in [0, 0.05) is 36.8 Å². The first-order chi connectivity index (χ1) is 12.4. The molecule has 0 N–H and O–H groups in total. The molecule has 0 aliphatic carbocycles. The van der Waals surface area contributed by atoms with Crippen molar-refractivity contribution in [2.75, 3.05) is 7.05 Å². The van der Waals surface area contributed by atoms with Gasteiger partial charge < -0.3 is 4.74 Å². The highest BCUT2D eigenvalue weighted by molar-refractivity contribution is 7.89. The number of nitrogens with zero attached hydrogens (tertiary/aromatic N) is 2. The summed E-state index contributed by atoms with van der Waals surface area (Å²) in [5.41, 5.74) is 0.836. The lowest BCUT2D eigenvalue weighted by Gasteiger charge is -2.20. The average Bonchev–Trinajstić information content (AvgIpc) is 2.62. The van der Waals surface area contributed by atoms with E-state index in [2.05, 4.69) is 4.98 Å². The molecule has 0 atom stereocenters. The van der Waals surface area contributed by atoms with E-state index in [9.17, 15) is 8.42 Å². The van der Waals surface area contributed by atoms with Crippen molar-refractivity contribution >= 4 is 20.8 Å². The Morgan fingerprint density at radius 3 is 2.42 bits per heavy atom. The minimum absolute atomic E-state index is 0.00844. The van der Waals surface area contributed by atoms with Crippen molar-refractivity contribution in [1.82, 2.24) is 9.29 Å². The lowest BCUT2D eigenvalue weighted by atomic mass is 10.1. The standard InChI is InChI=1S/C20H22N2O3S/c1-15(2)25-19-10-11-20(18-9-5-4-8-17(18)19)26(23,24)22(3)14-16-7-6-12-21-13-16/h4-13,15H,14H2,1-3H3. The lowest BCUT2D eigenvalue weighted by molar-refractivity contribution is 0.245.